The molecule has 0 heterocycles. The van der Waals surface area contributed by atoms with E-state index in [1.807, 2.05) is 50.2 Å². The minimum absolute atomic E-state index is 0.284. The third-order valence-corrected chi connectivity index (χ3v) is 3.71. The number of benzene rings is 2. The van der Waals surface area contributed by atoms with E-state index in [4.69, 9.17) is 4.74 Å². The van der Waals surface area contributed by atoms with Crippen LogP contribution >= 0.6 is 15.9 Å². The lowest BCUT2D eigenvalue weighted by atomic mass is 10.2. The first-order valence-electron chi connectivity index (χ1n) is 6.48. The van der Waals surface area contributed by atoms with Gasteiger partial charge < -0.3 is 15.4 Å². The molecule has 0 aliphatic rings. The molecule has 0 fully saturated rings. The van der Waals surface area contributed by atoms with E-state index in [9.17, 15) is 4.79 Å². The number of amides is 2. The Balaban J connectivity index is 2.08. The van der Waals surface area contributed by atoms with Crippen molar-refractivity contribution in [2.45, 2.75) is 13.8 Å². The van der Waals surface area contributed by atoms with Gasteiger partial charge in [-0.05, 0) is 71.2 Å². The lowest BCUT2D eigenvalue weighted by molar-refractivity contribution is 0.262. The Morgan fingerprint density at radius 3 is 2.33 bits per heavy atom. The average molecular weight is 349 g/mol. The van der Waals surface area contributed by atoms with Gasteiger partial charge in [-0.15, -0.1) is 0 Å². The van der Waals surface area contributed by atoms with E-state index in [-0.39, 0.29) is 6.03 Å². The van der Waals surface area contributed by atoms with Crippen LogP contribution < -0.4 is 15.4 Å². The molecule has 0 aliphatic heterocycles. The maximum atomic E-state index is 12.1. The highest BCUT2D eigenvalue weighted by Gasteiger charge is 2.08. The lowest BCUT2D eigenvalue weighted by Gasteiger charge is -2.12. The van der Waals surface area contributed by atoms with Crippen molar-refractivity contribution in [3.63, 3.8) is 0 Å². The summed E-state index contributed by atoms with van der Waals surface area (Å²) in [5.74, 6) is 0.764. The number of methoxy groups -OCH3 is 1. The van der Waals surface area contributed by atoms with Gasteiger partial charge in [0.2, 0.25) is 0 Å². The fourth-order valence-electron chi connectivity index (χ4n) is 1.90. The smallest absolute Gasteiger partial charge is 0.323 e. The summed E-state index contributed by atoms with van der Waals surface area (Å²) in [6, 6.07) is 11.0. The van der Waals surface area contributed by atoms with E-state index in [0.717, 1.165) is 32.7 Å². The van der Waals surface area contributed by atoms with Crippen molar-refractivity contribution in [3.05, 3.63) is 52.0 Å². The molecule has 21 heavy (non-hydrogen) atoms. The van der Waals surface area contributed by atoms with Gasteiger partial charge in [-0.3, -0.25) is 0 Å². The molecule has 0 saturated carbocycles. The molecule has 4 nitrogen and oxygen atoms in total. The summed E-state index contributed by atoms with van der Waals surface area (Å²) in [6.45, 7) is 3.91. The zero-order chi connectivity index (χ0) is 15.4. The third kappa shape index (κ3) is 3.98. The molecule has 0 bridgehead atoms. The van der Waals surface area contributed by atoms with Crippen molar-refractivity contribution < 1.29 is 9.53 Å². The number of rotatable bonds is 3. The van der Waals surface area contributed by atoms with Crippen molar-refractivity contribution in [1.82, 2.24) is 0 Å². The van der Waals surface area contributed by atoms with Gasteiger partial charge in [-0.2, -0.15) is 0 Å². The molecule has 5 heteroatoms. The van der Waals surface area contributed by atoms with Gasteiger partial charge in [0.1, 0.15) is 5.75 Å². The fourth-order valence-corrected chi connectivity index (χ4v) is 2.49. The molecule has 0 unspecified atom stereocenters. The van der Waals surface area contributed by atoms with Crippen LogP contribution in [0.5, 0.6) is 5.75 Å². The molecule has 0 aliphatic carbocycles. The predicted octanol–water partition coefficient (Wildman–Crippen LogP) is 4.72. The summed E-state index contributed by atoms with van der Waals surface area (Å²) in [5, 5.41) is 5.64. The third-order valence-electron chi connectivity index (χ3n) is 3.05. The number of ether oxygens (including phenoxy) is 1. The van der Waals surface area contributed by atoms with Crippen LogP contribution in [0.3, 0.4) is 0 Å². The number of halogens is 1. The van der Waals surface area contributed by atoms with E-state index >= 15 is 0 Å². The minimum atomic E-state index is -0.284. The van der Waals surface area contributed by atoms with Crippen molar-refractivity contribution in [1.29, 1.82) is 0 Å². The number of hydrogen-bond donors (Lipinski definition) is 2. The van der Waals surface area contributed by atoms with Crippen LogP contribution in [0.4, 0.5) is 16.2 Å². The van der Waals surface area contributed by atoms with Gasteiger partial charge in [0.15, 0.2) is 0 Å². The Morgan fingerprint density at radius 2 is 1.71 bits per heavy atom. The first-order valence-corrected chi connectivity index (χ1v) is 7.27. The average Bonchev–Trinajstić information content (AvgIpc) is 2.44. The van der Waals surface area contributed by atoms with Gasteiger partial charge in [0.25, 0.3) is 0 Å². The highest BCUT2D eigenvalue weighted by atomic mass is 79.9. The monoisotopic (exact) mass is 348 g/mol. The van der Waals surface area contributed by atoms with Crippen LogP contribution in [0, 0.1) is 13.8 Å². The summed E-state index contributed by atoms with van der Waals surface area (Å²) in [6.07, 6.45) is 0. The largest absolute Gasteiger partial charge is 0.497 e. The molecule has 2 aromatic rings. The molecule has 2 N–H and O–H groups in total. The van der Waals surface area contributed by atoms with Gasteiger partial charge in [-0.1, -0.05) is 6.07 Å². The second-order valence-corrected chi connectivity index (χ2v) is 5.60. The summed E-state index contributed by atoms with van der Waals surface area (Å²) in [5.41, 5.74) is 3.53. The minimum Gasteiger partial charge on any atom is -0.497 e. The molecule has 0 saturated heterocycles. The molecule has 110 valence electrons. The summed E-state index contributed by atoms with van der Waals surface area (Å²) >= 11 is 3.44. The second kappa shape index (κ2) is 6.63. The van der Waals surface area contributed by atoms with Gasteiger partial charge in [0.05, 0.1) is 12.8 Å². The van der Waals surface area contributed by atoms with Crippen molar-refractivity contribution >= 4 is 33.3 Å². The fraction of sp³-hybridized carbons (Fsp3) is 0.188. The lowest BCUT2D eigenvalue weighted by Crippen LogP contribution is -2.20. The van der Waals surface area contributed by atoms with Crippen LogP contribution in [0.15, 0.2) is 40.9 Å². The highest BCUT2D eigenvalue weighted by molar-refractivity contribution is 9.10. The quantitative estimate of drug-likeness (QED) is 0.843. The Labute approximate surface area is 132 Å². The molecule has 0 radical (unpaired) electrons. The number of anilines is 2. The zero-order valence-corrected chi connectivity index (χ0v) is 13.7. The maximum absolute atomic E-state index is 12.1. The van der Waals surface area contributed by atoms with E-state index in [1.165, 1.54) is 0 Å². The Kier molecular flexibility index (Phi) is 4.85. The van der Waals surface area contributed by atoms with Crippen molar-refractivity contribution in [2.75, 3.05) is 17.7 Å². The maximum Gasteiger partial charge on any atom is 0.323 e. The number of nitrogens with one attached hydrogen (secondary N) is 2. The molecule has 2 amide bonds. The Hall–Kier alpha value is -2.01. The number of carbonyl (C=O) groups is 1. The Bertz CT molecular complexity index is 671. The number of carbonyl (C=O) groups excluding carboxylic acids is 1. The standard InChI is InChI=1S/C16H17BrN2O2/c1-10-4-6-15(13(17)8-10)19-16(20)18-14-7-5-12(21-3)9-11(14)2/h4-9H,1-3H3,(H2,18,19,20). The molecule has 0 aromatic heterocycles. The molecule has 2 rings (SSSR count). The van der Waals surface area contributed by atoms with Crippen LogP contribution in [0.25, 0.3) is 0 Å². The van der Waals surface area contributed by atoms with Gasteiger partial charge in [-0.25, -0.2) is 4.79 Å². The topological polar surface area (TPSA) is 50.4 Å². The van der Waals surface area contributed by atoms with Crippen LogP contribution in [-0.4, -0.2) is 13.1 Å². The van der Waals surface area contributed by atoms with E-state index < -0.39 is 0 Å². The van der Waals surface area contributed by atoms with E-state index in [1.54, 1.807) is 7.11 Å². The van der Waals surface area contributed by atoms with Crippen LogP contribution in [0.2, 0.25) is 0 Å². The molecular formula is C16H17BrN2O2. The van der Waals surface area contributed by atoms with E-state index in [2.05, 4.69) is 26.6 Å². The summed E-state index contributed by atoms with van der Waals surface area (Å²) in [7, 11) is 1.61. The highest BCUT2D eigenvalue weighted by Crippen LogP contribution is 2.24. The normalized spacial score (nSPS) is 10.1. The first kappa shape index (κ1) is 15.4. The predicted molar refractivity (Wildman–Crippen MR) is 89.3 cm³/mol. The second-order valence-electron chi connectivity index (χ2n) is 4.74. The number of aryl methyl sites for hydroxylation is 2. The number of hydrogen-bond acceptors (Lipinski definition) is 2. The number of urea groups is 1. The van der Waals surface area contributed by atoms with Crippen LogP contribution in [-0.2, 0) is 0 Å². The van der Waals surface area contributed by atoms with Crippen molar-refractivity contribution in [2.24, 2.45) is 0 Å². The molecule has 2 aromatic carbocycles. The molecular weight excluding hydrogens is 332 g/mol. The van der Waals surface area contributed by atoms with Gasteiger partial charge >= 0.3 is 6.03 Å². The van der Waals surface area contributed by atoms with Crippen molar-refractivity contribution in [3.8, 4) is 5.75 Å². The summed E-state index contributed by atoms with van der Waals surface area (Å²) in [4.78, 5) is 12.1. The summed E-state index contributed by atoms with van der Waals surface area (Å²) < 4.78 is 5.99. The van der Waals surface area contributed by atoms with Gasteiger partial charge in [0, 0.05) is 10.2 Å². The SMILES string of the molecule is COc1ccc(NC(=O)Nc2ccc(C)cc2Br)c(C)c1. The first-order chi connectivity index (χ1) is 9.99. The Morgan fingerprint density at radius 1 is 1.05 bits per heavy atom. The zero-order valence-electron chi connectivity index (χ0n) is 12.2. The molecule has 0 atom stereocenters. The van der Waals surface area contributed by atoms with Crippen LogP contribution in [0.1, 0.15) is 11.1 Å². The molecule has 0 spiro atoms. The van der Waals surface area contributed by atoms with E-state index in [0.29, 0.717) is 0 Å².